The standard InChI is InChI=1S/C68H123NO8/c1-6-8-10-12-14-16-18-20-22-24-26-27-28-29-30-31-32-33-34-35-36-37-38-39-41-42-44-46-48-50-52-54-56-58-65(70)75-62-64(63-76-68(67(72)73)74-61-60-69(3,4)5)77-66(71)59-57-55-53-51-49-47-45-43-40-25-23-21-19-17-15-13-11-9-7-2/h15,17-18,20-21,23-24,26,40,43,64,68H,6-14,16,19,22,25,27-39,41-42,44-63H2,1-5H3/p+1/b17-15-,20-18-,23-21-,26-24-,43-40-. The zero-order valence-electron chi connectivity index (χ0n) is 51.1. The summed E-state index contributed by atoms with van der Waals surface area (Å²) < 4.78 is 22.9. The maximum atomic E-state index is 12.9. The van der Waals surface area contributed by atoms with Gasteiger partial charge in [-0.3, -0.25) is 9.59 Å². The number of unbranched alkanes of at least 4 members (excludes halogenated alkanes) is 35. The average Bonchev–Trinajstić information content (AvgIpc) is 3.40. The number of aliphatic carboxylic acids is 1. The second kappa shape index (κ2) is 59.1. The van der Waals surface area contributed by atoms with Gasteiger partial charge in [-0.05, 0) is 83.5 Å². The molecule has 0 heterocycles. The molecule has 0 rings (SSSR count). The molecule has 0 aromatic heterocycles. The van der Waals surface area contributed by atoms with Crippen molar-refractivity contribution in [2.75, 3.05) is 47.5 Å². The highest BCUT2D eigenvalue weighted by atomic mass is 16.7. The summed E-state index contributed by atoms with van der Waals surface area (Å²) in [5.41, 5.74) is 0. The lowest BCUT2D eigenvalue weighted by Gasteiger charge is -2.25. The third-order valence-electron chi connectivity index (χ3n) is 14.2. The van der Waals surface area contributed by atoms with Crippen LogP contribution in [0.15, 0.2) is 60.8 Å². The molecule has 0 spiro atoms. The van der Waals surface area contributed by atoms with Crippen molar-refractivity contribution in [3.63, 3.8) is 0 Å². The van der Waals surface area contributed by atoms with Gasteiger partial charge < -0.3 is 28.5 Å². The van der Waals surface area contributed by atoms with Crippen molar-refractivity contribution in [3.8, 4) is 0 Å². The van der Waals surface area contributed by atoms with Gasteiger partial charge in [0.25, 0.3) is 6.29 Å². The van der Waals surface area contributed by atoms with Crippen LogP contribution in [-0.4, -0.2) is 87.4 Å². The summed E-state index contributed by atoms with van der Waals surface area (Å²) in [6, 6.07) is 0. The number of likely N-dealkylation sites (N-methyl/N-ethyl adjacent to an activating group) is 1. The number of carboxylic acids is 1. The zero-order valence-corrected chi connectivity index (χ0v) is 51.1. The Morgan fingerprint density at radius 3 is 1.06 bits per heavy atom. The van der Waals surface area contributed by atoms with Crippen LogP contribution < -0.4 is 0 Å². The van der Waals surface area contributed by atoms with E-state index in [1.807, 2.05) is 21.1 Å². The predicted octanol–water partition coefficient (Wildman–Crippen LogP) is 19.6. The Balaban J connectivity index is 4.08. The topological polar surface area (TPSA) is 108 Å². The average molecular weight is 1080 g/mol. The molecule has 0 saturated carbocycles. The first kappa shape index (κ1) is 74.0. The summed E-state index contributed by atoms with van der Waals surface area (Å²) in [5.74, 6) is -2.01. The van der Waals surface area contributed by atoms with Crippen molar-refractivity contribution in [2.45, 2.75) is 309 Å². The molecule has 9 nitrogen and oxygen atoms in total. The molecule has 0 bridgehead atoms. The minimum atomic E-state index is -1.51. The second-order valence-electron chi connectivity index (χ2n) is 23.1. The van der Waals surface area contributed by atoms with Crippen LogP contribution in [0, 0.1) is 0 Å². The van der Waals surface area contributed by atoms with Crippen molar-refractivity contribution in [1.82, 2.24) is 0 Å². The highest BCUT2D eigenvalue weighted by molar-refractivity contribution is 5.71. The lowest BCUT2D eigenvalue weighted by Crippen LogP contribution is -2.40. The molecule has 2 unspecified atom stereocenters. The molecule has 0 aliphatic heterocycles. The number of nitrogens with zero attached hydrogens (tertiary/aromatic N) is 1. The number of carbonyl (C=O) groups excluding carboxylic acids is 2. The van der Waals surface area contributed by atoms with E-state index in [0.29, 0.717) is 23.9 Å². The lowest BCUT2D eigenvalue weighted by molar-refractivity contribution is -0.870. The molecule has 0 aliphatic carbocycles. The van der Waals surface area contributed by atoms with E-state index in [0.717, 1.165) is 77.0 Å². The Kier molecular flexibility index (Phi) is 56.8. The van der Waals surface area contributed by atoms with Gasteiger partial charge in [-0.2, -0.15) is 0 Å². The van der Waals surface area contributed by atoms with Crippen LogP contribution in [0.1, 0.15) is 296 Å². The first-order valence-electron chi connectivity index (χ1n) is 32.5. The molecular formula is C68H124NO8+. The van der Waals surface area contributed by atoms with Crippen molar-refractivity contribution >= 4 is 17.9 Å². The quantitative estimate of drug-likeness (QED) is 0.0211. The maximum Gasteiger partial charge on any atom is 0.361 e. The highest BCUT2D eigenvalue weighted by Crippen LogP contribution is 2.17. The largest absolute Gasteiger partial charge is 0.477 e. The summed E-state index contributed by atoms with van der Waals surface area (Å²) in [5, 5.41) is 9.72. The number of esters is 2. The number of quaternary nitrogens is 1. The van der Waals surface area contributed by atoms with Gasteiger partial charge >= 0.3 is 17.9 Å². The van der Waals surface area contributed by atoms with Crippen molar-refractivity contribution in [1.29, 1.82) is 0 Å². The summed E-state index contributed by atoms with van der Waals surface area (Å²) in [4.78, 5) is 37.5. The predicted molar refractivity (Wildman–Crippen MR) is 327 cm³/mol. The molecule has 0 amide bonds. The van der Waals surface area contributed by atoms with Gasteiger partial charge in [0.2, 0.25) is 0 Å². The molecule has 448 valence electrons. The van der Waals surface area contributed by atoms with Crippen molar-refractivity contribution in [3.05, 3.63) is 60.8 Å². The molecule has 0 saturated heterocycles. The van der Waals surface area contributed by atoms with E-state index in [-0.39, 0.29) is 32.2 Å². The van der Waals surface area contributed by atoms with Crippen LogP contribution in [0.25, 0.3) is 0 Å². The molecular weight excluding hydrogens is 959 g/mol. The molecule has 0 aromatic rings. The van der Waals surface area contributed by atoms with Crippen LogP contribution in [0.2, 0.25) is 0 Å². The first-order chi connectivity index (χ1) is 37.6. The SMILES string of the molecule is CCCCC/C=C\C/C=C\C/C=C\CCCCCCCCC(=O)OC(COC(=O)CCCCCCCCCCCCCCCCCCCCCCC/C=C\C/C=C\CCCCCCC)COC(OCC[N+](C)(C)C)C(=O)O. The molecule has 0 aliphatic rings. The fourth-order valence-corrected chi connectivity index (χ4v) is 9.23. The number of carbonyl (C=O) groups is 3. The van der Waals surface area contributed by atoms with Gasteiger partial charge in [0.1, 0.15) is 13.2 Å². The number of hydrogen-bond acceptors (Lipinski definition) is 7. The van der Waals surface area contributed by atoms with E-state index < -0.39 is 24.3 Å². The minimum absolute atomic E-state index is 0.184. The summed E-state index contributed by atoms with van der Waals surface area (Å²) >= 11 is 0. The Bertz CT molecular complexity index is 1450. The first-order valence-corrected chi connectivity index (χ1v) is 32.5. The van der Waals surface area contributed by atoms with Gasteiger partial charge in [-0.25, -0.2) is 4.79 Å². The normalized spacial score (nSPS) is 13.1. The number of ether oxygens (including phenoxy) is 4. The molecule has 2 atom stereocenters. The van der Waals surface area contributed by atoms with Gasteiger partial charge in [0.15, 0.2) is 6.10 Å². The number of carboxylic acid groups (broad SMARTS) is 1. The highest BCUT2D eigenvalue weighted by Gasteiger charge is 2.25. The summed E-state index contributed by atoms with van der Waals surface area (Å²) in [6.07, 6.45) is 73.2. The van der Waals surface area contributed by atoms with Crippen LogP contribution in [-0.2, 0) is 33.3 Å². The third-order valence-corrected chi connectivity index (χ3v) is 14.2. The van der Waals surface area contributed by atoms with Gasteiger partial charge in [0.05, 0.1) is 34.4 Å². The van der Waals surface area contributed by atoms with Gasteiger partial charge in [0, 0.05) is 12.8 Å². The van der Waals surface area contributed by atoms with E-state index in [1.54, 1.807) is 0 Å². The molecule has 0 aromatic carbocycles. The number of hydrogen-bond donors (Lipinski definition) is 1. The Labute approximate surface area is 475 Å². The van der Waals surface area contributed by atoms with Crippen LogP contribution in [0.5, 0.6) is 0 Å². The zero-order chi connectivity index (χ0) is 56.2. The Morgan fingerprint density at radius 1 is 0.390 bits per heavy atom. The fourth-order valence-electron chi connectivity index (χ4n) is 9.23. The van der Waals surface area contributed by atoms with Crippen LogP contribution in [0.4, 0.5) is 0 Å². The van der Waals surface area contributed by atoms with E-state index in [2.05, 4.69) is 74.6 Å². The maximum absolute atomic E-state index is 12.9. The Hall–Kier alpha value is -3.01. The number of rotatable bonds is 60. The molecule has 1 N–H and O–H groups in total. The summed E-state index contributed by atoms with van der Waals surface area (Å²) in [7, 11) is 5.97. The van der Waals surface area contributed by atoms with Crippen molar-refractivity contribution in [2.24, 2.45) is 0 Å². The molecule has 0 fully saturated rings. The number of allylic oxidation sites excluding steroid dienone is 10. The second-order valence-corrected chi connectivity index (χ2v) is 23.1. The molecule has 9 heteroatoms. The lowest BCUT2D eigenvalue weighted by atomic mass is 10.0. The van der Waals surface area contributed by atoms with Gasteiger partial charge in [-0.15, -0.1) is 0 Å². The Morgan fingerprint density at radius 2 is 0.701 bits per heavy atom. The van der Waals surface area contributed by atoms with E-state index in [9.17, 15) is 19.5 Å². The van der Waals surface area contributed by atoms with Crippen LogP contribution >= 0.6 is 0 Å². The molecule has 77 heavy (non-hydrogen) atoms. The fraction of sp³-hybridized carbons (Fsp3) is 0.809. The van der Waals surface area contributed by atoms with Crippen molar-refractivity contribution < 1.29 is 42.9 Å². The summed E-state index contributed by atoms with van der Waals surface area (Å²) in [6.45, 7) is 4.85. The minimum Gasteiger partial charge on any atom is -0.477 e. The molecule has 0 radical (unpaired) electrons. The van der Waals surface area contributed by atoms with E-state index in [4.69, 9.17) is 18.9 Å². The van der Waals surface area contributed by atoms with E-state index in [1.165, 1.54) is 186 Å². The third kappa shape index (κ3) is 60.5. The van der Waals surface area contributed by atoms with Crippen LogP contribution in [0.3, 0.4) is 0 Å². The van der Waals surface area contributed by atoms with E-state index >= 15 is 0 Å². The smallest absolute Gasteiger partial charge is 0.361 e. The van der Waals surface area contributed by atoms with Gasteiger partial charge in [-0.1, -0.05) is 261 Å². The monoisotopic (exact) mass is 1080 g/mol.